The number of nitrogens with zero attached hydrogens (tertiary/aromatic N) is 2. The maximum atomic E-state index is 12.5. The molecule has 2 aliphatic heterocycles. The summed E-state index contributed by atoms with van der Waals surface area (Å²) in [4.78, 5) is 16.4. The molecule has 4 atom stereocenters. The molecule has 0 saturated carbocycles. The van der Waals surface area contributed by atoms with E-state index in [4.69, 9.17) is 19.9 Å². The van der Waals surface area contributed by atoms with Crippen LogP contribution in [-0.2, 0) is 14.2 Å². The van der Waals surface area contributed by atoms with Gasteiger partial charge >= 0.3 is 5.69 Å². The van der Waals surface area contributed by atoms with Gasteiger partial charge in [-0.25, -0.2) is 4.79 Å². The lowest BCUT2D eigenvalue weighted by atomic mass is 9.82. The fourth-order valence-electron chi connectivity index (χ4n) is 4.05. The van der Waals surface area contributed by atoms with Crippen LogP contribution in [0.1, 0.15) is 59.3 Å². The molecule has 7 nitrogen and oxygen atoms in total. The number of hydrogen-bond acceptors (Lipinski definition) is 6. The van der Waals surface area contributed by atoms with Gasteiger partial charge in [-0.15, -0.1) is 0 Å². The predicted octanol–water partition coefficient (Wildman–Crippen LogP) is 2.42. The van der Waals surface area contributed by atoms with Gasteiger partial charge in [-0.05, 0) is 40.0 Å². The summed E-state index contributed by atoms with van der Waals surface area (Å²) < 4.78 is 20.5. The first-order valence-electron chi connectivity index (χ1n) is 9.35. The van der Waals surface area contributed by atoms with E-state index in [0.29, 0.717) is 12.5 Å². The summed E-state index contributed by atoms with van der Waals surface area (Å²) in [5, 5.41) is 0. The first-order valence-corrected chi connectivity index (χ1v) is 9.35. The summed E-state index contributed by atoms with van der Waals surface area (Å²) in [5.74, 6) is 0.675. The molecule has 1 aromatic heterocycles. The van der Waals surface area contributed by atoms with E-state index in [2.05, 4.69) is 18.8 Å². The van der Waals surface area contributed by atoms with Crippen molar-refractivity contribution in [2.24, 2.45) is 5.92 Å². The average molecular weight is 365 g/mol. The molecule has 146 valence electrons. The predicted molar refractivity (Wildman–Crippen MR) is 98.9 cm³/mol. The molecule has 1 aromatic rings. The average Bonchev–Trinajstić information content (AvgIpc) is 2.65. The van der Waals surface area contributed by atoms with Crippen molar-refractivity contribution in [3.8, 4) is 0 Å². The van der Waals surface area contributed by atoms with Crippen LogP contribution in [-0.4, -0.2) is 39.6 Å². The van der Waals surface area contributed by atoms with Crippen LogP contribution < -0.4 is 11.4 Å². The molecule has 2 fully saturated rings. The van der Waals surface area contributed by atoms with Gasteiger partial charge in [-0.2, -0.15) is 4.98 Å². The van der Waals surface area contributed by atoms with Crippen molar-refractivity contribution in [3.63, 3.8) is 0 Å². The number of anilines is 1. The molecule has 7 heteroatoms. The second-order valence-electron chi connectivity index (χ2n) is 8.91. The Kier molecular flexibility index (Phi) is 4.92. The minimum atomic E-state index is -0.567. The molecular weight excluding hydrogens is 334 g/mol. The van der Waals surface area contributed by atoms with Crippen LogP contribution in [0.15, 0.2) is 11.0 Å². The quantitative estimate of drug-likeness (QED) is 0.881. The van der Waals surface area contributed by atoms with E-state index < -0.39 is 17.5 Å². The first kappa shape index (κ1) is 19.3. The molecule has 2 bridgehead atoms. The number of nitrogens with two attached hydrogens (primary N) is 1. The molecule has 0 spiro atoms. The van der Waals surface area contributed by atoms with Gasteiger partial charge in [-0.1, -0.05) is 13.8 Å². The van der Waals surface area contributed by atoms with Crippen LogP contribution in [0.25, 0.3) is 0 Å². The number of hydrogen-bond donors (Lipinski definition) is 1. The molecule has 2 aliphatic rings. The molecule has 0 aliphatic carbocycles. The minimum Gasteiger partial charge on any atom is -0.383 e. The van der Waals surface area contributed by atoms with Gasteiger partial charge in [0.05, 0.1) is 12.2 Å². The maximum absolute atomic E-state index is 12.5. The minimum absolute atomic E-state index is 0.242. The summed E-state index contributed by atoms with van der Waals surface area (Å²) in [7, 11) is 0. The highest BCUT2D eigenvalue weighted by Crippen LogP contribution is 2.49. The second kappa shape index (κ2) is 6.62. The fourth-order valence-corrected chi connectivity index (χ4v) is 4.05. The van der Waals surface area contributed by atoms with E-state index in [9.17, 15) is 4.79 Å². The van der Waals surface area contributed by atoms with Crippen molar-refractivity contribution in [1.29, 1.82) is 0 Å². The van der Waals surface area contributed by atoms with Crippen LogP contribution in [0.3, 0.4) is 0 Å². The lowest BCUT2D eigenvalue weighted by Gasteiger charge is -2.42. The van der Waals surface area contributed by atoms with E-state index in [-0.39, 0.29) is 23.6 Å². The summed E-state index contributed by atoms with van der Waals surface area (Å²) in [6, 6.07) is 0. The van der Waals surface area contributed by atoms with Gasteiger partial charge in [0.25, 0.3) is 0 Å². The Morgan fingerprint density at radius 2 is 2.15 bits per heavy atom. The van der Waals surface area contributed by atoms with Gasteiger partial charge < -0.3 is 19.9 Å². The second-order valence-corrected chi connectivity index (χ2v) is 8.91. The van der Waals surface area contributed by atoms with Gasteiger partial charge in [0.2, 0.25) is 0 Å². The SMILES string of the molecule is Cc1cn([C@@H]2O[C@@]3(CC(C)C)CCOC2C3OC(C)(C)C)c(=O)nc1N. The standard InChI is InChI=1S/C19H31N3O4/c1-11(2)9-19-7-8-24-13(14(19)25-18(4,5)6)16(26-19)22-10-12(3)15(20)21-17(22)23/h10-11,13-14,16H,7-9H2,1-6H3,(H2,20,21,23)/t13?,14?,16-,19-/m1/s1. The molecule has 3 heterocycles. The smallest absolute Gasteiger partial charge is 0.351 e. The Morgan fingerprint density at radius 1 is 1.46 bits per heavy atom. The van der Waals surface area contributed by atoms with Crippen molar-refractivity contribution in [3.05, 3.63) is 22.2 Å². The monoisotopic (exact) mass is 365 g/mol. The van der Waals surface area contributed by atoms with Crippen LogP contribution in [0, 0.1) is 12.8 Å². The van der Waals surface area contributed by atoms with Crippen molar-refractivity contribution < 1.29 is 14.2 Å². The van der Waals surface area contributed by atoms with Gasteiger partial charge in [0.15, 0.2) is 6.23 Å². The molecule has 0 aromatic carbocycles. The summed E-state index contributed by atoms with van der Waals surface area (Å²) in [5.41, 5.74) is 5.27. The zero-order valence-electron chi connectivity index (χ0n) is 16.6. The van der Waals surface area contributed by atoms with E-state index in [0.717, 1.165) is 18.4 Å². The molecule has 3 rings (SSSR count). The Balaban J connectivity index is 2.04. The fraction of sp³-hybridized carbons (Fsp3) is 0.789. The third-order valence-corrected chi connectivity index (χ3v) is 4.97. The highest BCUT2D eigenvalue weighted by molar-refractivity contribution is 5.35. The zero-order chi connectivity index (χ0) is 19.3. The van der Waals surface area contributed by atoms with Gasteiger partial charge in [0, 0.05) is 18.2 Å². The molecule has 2 unspecified atom stereocenters. The Morgan fingerprint density at radius 3 is 2.77 bits per heavy atom. The normalized spacial score (nSPS) is 31.6. The van der Waals surface area contributed by atoms with Gasteiger partial charge in [-0.3, -0.25) is 4.57 Å². The highest BCUT2D eigenvalue weighted by atomic mass is 16.6. The van der Waals surface area contributed by atoms with Gasteiger partial charge in [0.1, 0.15) is 23.6 Å². The number of aryl methyl sites for hydroxylation is 1. The molecule has 2 saturated heterocycles. The van der Waals surface area contributed by atoms with E-state index >= 15 is 0 Å². The topological polar surface area (TPSA) is 88.6 Å². The van der Waals surface area contributed by atoms with Crippen molar-refractivity contribution >= 4 is 5.82 Å². The first-order chi connectivity index (χ1) is 12.0. The lowest BCUT2D eigenvalue weighted by molar-refractivity contribution is -0.191. The molecule has 2 N–H and O–H groups in total. The Labute approximate surface area is 154 Å². The van der Waals surface area contributed by atoms with Crippen molar-refractivity contribution in [1.82, 2.24) is 9.55 Å². The van der Waals surface area contributed by atoms with Crippen molar-refractivity contribution in [2.45, 2.75) is 84.0 Å². The molecular formula is C19H31N3O4. The number of aromatic nitrogens is 2. The third kappa shape index (κ3) is 3.52. The van der Waals surface area contributed by atoms with Crippen LogP contribution in [0.2, 0.25) is 0 Å². The Hall–Kier alpha value is -1.44. The van der Waals surface area contributed by atoms with Crippen LogP contribution >= 0.6 is 0 Å². The van der Waals surface area contributed by atoms with Crippen molar-refractivity contribution in [2.75, 3.05) is 12.3 Å². The number of ether oxygens (including phenoxy) is 3. The summed E-state index contributed by atoms with van der Waals surface area (Å²) in [6.07, 6.45) is 2.13. The summed E-state index contributed by atoms with van der Waals surface area (Å²) in [6.45, 7) is 12.8. The van der Waals surface area contributed by atoms with E-state index in [1.165, 1.54) is 4.57 Å². The van der Waals surface area contributed by atoms with E-state index in [1.807, 2.05) is 27.7 Å². The molecule has 0 amide bonds. The molecule has 26 heavy (non-hydrogen) atoms. The number of rotatable bonds is 4. The third-order valence-electron chi connectivity index (χ3n) is 4.97. The lowest BCUT2D eigenvalue weighted by Crippen LogP contribution is -2.53. The Bertz CT molecular complexity index is 724. The number of fused-ring (bicyclic) bond motifs is 2. The van der Waals surface area contributed by atoms with Crippen LogP contribution in [0.4, 0.5) is 5.82 Å². The molecule has 0 radical (unpaired) electrons. The zero-order valence-corrected chi connectivity index (χ0v) is 16.6. The summed E-state index contributed by atoms with van der Waals surface area (Å²) >= 11 is 0. The number of nitrogen functional groups attached to an aromatic ring is 1. The van der Waals surface area contributed by atoms with Crippen LogP contribution in [0.5, 0.6) is 0 Å². The maximum Gasteiger partial charge on any atom is 0.351 e. The van der Waals surface area contributed by atoms with E-state index in [1.54, 1.807) is 6.20 Å². The largest absolute Gasteiger partial charge is 0.383 e. The highest BCUT2D eigenvalue weighted by Gasteiger charge is 2.60.